The molecule has 0 aliphatic rings. The zero-order valence-electron chi connectivity index (χ0n) is 38.8. The molecule has 13 aromatic rings. The lowest BCUT2D eigenvalue weighted by atomic mass is 10.0. The van der Waals surface area contributed by atoms with Gasteiger partial charge in [0.2, 0.25) is 0 Å². The van der Waals surface area contributed by atoms with Crippen molar-refractivity contribution in [3.63, 3.8) is 0 Å². The number of anilines is 3. The summed E-state index contributed by atoms with van der Waals surface area (Å²) in [6.07, 6.45) is 1.71. The molecule has 3 heterocycles. The molecule has 0 saturated carbocycles. The number of para-hydroxylation sites is 4. The summed E-state index contributed by atoms with van der Waals surface area (Å²) in [5.74, 6) is 1.97. The third-order valence-electron chi connectivity index (χ3n) is 13.6. The molecule has 0 unspecified atom stereocenters. The molecule has 0 amide bonds. The summed E-state index contributed by atoms with van der Waals surface area (Å²) >= 11 is 0. The topological polar surface area (TPSA) is 51.8 Å². The maximum atomic E-state index is 5.02. The fourth-order valence-electron chi connectivity index (χ4n) is 10.3. The van der Waals surface area contributed by atoms with Crippen molar-refractivity contribution in [1.29, 1.82) is 0 Å². The molecule has 0 saturated heterocycles. The summed E-state index contributed by atoms with van der Waals surface area (Å²) < 4.78 is 4.83. The van der Waals surface area contributed by atoms with Gasteiger partial charge in [-0.2, -0.15) is 0 Å². The van der Waals surface area contributed by atoms with Crippen molar-refractivity contribution in [3.05, 3.63) is 266 Å². The second-order valence-corrected chi connectivity index (χ2v) is 18.0. The van der Waals surface area contributed by atoms with Crippen molar-refractivity contribution >= 4 is 60.7 Å². The minimum atomic E-state index is 0.657. The Balaban J connectivity index is 0.918. The second kappa shape index (κ2) is 17.9. The molecule has 0 radical (unpaired) electrons. The van der Waals surface area contributed by atoms with E-state index >= 15 is 0 Å². The Bertz CT molecular complexity index is 3940. The van der Waals surface area contributed by atoms with E-state index in [2.05, 4.69) is 208 Å². The summed E-state index contributed by atoms with van der Waals surface area (Å²) in [7, 11) is 0. The number of rotatable bonds is 11. The van der Waals surface area contributed by atoms with E-state index in [1.807, 2.05) is 60.7 Å². The van der Waals surface area contributed by atoms with Crippen molar-refractivity contribution in [2.45, 2.75) is 12.8 Å². The van der Waals surface area contributed by atoms with Gasteiger partial charge in [-0.3, -0.25) is 0 Å². The molecular weight excluding hydrogens is 865 g/mol. The van der Waals surface area contributed by atoms with Gasteiger partial charge >= 0.3 is 0 Å². The normalized spacial score (nSPS) is 11.5. The number of hydrogen-bond acceptors (Lipinski definition) is 4. The van der Waals surface area contributed by atoms with Gasteiger partial charge < -0.3 is 14.0 Å². The van der Waals surface area contributed by atoms with Crippen molar-refractivity contribution in [1.82, 2.24) is 24.1 Å². The molecule has 336 valence electrons. The summed E-state index contributed by atoms with van der Waals surface area (Å²) in [5.41, 5.74) is 15.7. The SMILES string of the molecule is c1ccc(-c2nc(-c3ccccc3)nc(-c3cccc(CCc4ccc5c(c4)c4cc(N(c6ccccc6)c6ccccc6)ccc4n5-c4ccc5c(c4)c4ccccc4n5-c4ccccc4)c3)n2)cc1. The molecule has 0 atom stereocenters. The van der Waals surface area contributed by atoms with Crippen LogP contribution in [0, 0.1) is 0 Å². The van der Waals surface area contributed by atoms with Gasteiger partial charge in [0.25, 0.3) is 0 Å². The lowest BCUT2D eigenvalue weighted by molar-refractivity contribution is 0.961. The predicted molar refractivity (Wildman–Crippen MR) is 293 cm³/mol. The Morgan fingerprint density at radius 1 is 0.282 bits per heavy atom. The monoisotopic (exact) mass is 910 g/mol. The first-order chi connectivity index (χ1) is 35.2. The highest BCUT2D eigenvalue weighted by atomic mass is 15.1. The fraction of sp³-hybridized carbons (Fsp3) is 0.0308. The molecule has 3 aromatic heterocycles. The maximum Gasteiger partial charge on any atom is 0.164 e. The van der Waals surface area contributed by atoms with Gasteiger partial charge in [0, 0.05) is 66.7 Å². The summed E-state index contributed by atoms with van der Waals surface area (Å²) in [6.45, 7) is 0. The number of aromatic nitrogens is 5. The molecule has 13 rings (SSSR count). The minimum Gasteiger partial charge on any atom is -0.310 e. The van der Waals surface area contributed by atoms with Crippen LogP contribution in [0.1, 0.15) is 11.1 Å². The van der Waals surface area contributed by atoms with Crippen molar-refractivity contribution < 1.29 is 0 Å². The van der Waals surface area contributed by atoms with Crippen LogP contribution in [-0.2, 0) is 12.8 Å². The lowest BCUT2D eigenvalue weighted by Gasteiger charge is -2.25. The van der Waals surface area contributed by atoms with E-state index in [9.17, 15) is 0 Å². The smallest absolute Gasteiger partial charge is 0.164 e. The summed E-state index contributed by atoms with van der Waals surface area (Å²) in [6, 6.07) is 90.7. The molecule has 0 aliphatic heterocycles. The largest absolute Gasteiger partial charge is 0.310 e. The molecular formula is C65H46N6. The summed E-state index contributed by atoms with van der Waals surface area (Å²) in [4.78, 5) is 17.3. The Hall–Kier alpha value is -9.39. The zero-order valence-corrected chi connectivity index (χ0v) is 38.8. The van der Waals surface area contributed by atoms with Gasteiger partial charge in [-0.1, -0.05) is 158 Å². The van der Waals surface area contributed by atoms with Crippen LogP contribution in [0.25, 0.3) is 89.2 Å². The average Bonchev–Trinajstić information content (AvgIpc) is 3.95. The van der Waals surface area contributed by atoms with E-state index in [0.29, 0.717) is 17.5 Å². The molecule has 71 heavy (non-hydrogen) atoms. The van der Waals surface area contributed by atoms with Crippen molar-refractivity contribution in [3.8, 4) is 45.5 Å². The van der Waals surface area contributed by atoms with Crippen LogP contribution in [0.15, 0.2) is 255 Å². The number of nitrogens with zero attached hydrogens (tertiary/aromatic N) is 6. The average molecular weight is 911 g/mol. The highest BCUT2D eigenvalue weighted by molar-refractivity contribution is 6.13. The summed E-state index contributed by atoms with van der Waals surface area (Å²) in [5, 5.41) is 4.86. The standard InChI is InChI=1S/C65H46N6/c1-6-20-47(21-7-1)63-66-64(48-22-8-2-9-23-48)68-65(67-63)49-24-18-19-45(41-49)33-34-46-35-38-60-56(42-46)58-43-53(69(50-25-10-3-11-26-50)51-27-12-4-13-28-51)36-39-62(58)71(60)54-37-40-61-57(44-54)55-31-16-17-32-59(55)70(61)52-29-14-5-15-30-52/h1-32,35-44H,33-34H2. The van der Waals surface area contributed by atoms with Gasteiger partial charge in [-0.15, -0.1) is 0 Å². The molecule has 6 heteroatoms. The van der Waals surface area contributed by atoms with Crippen molar-refractivity contribution in [2.75, 3.05) is 4.90 Å². The minimum absolute atomic E-state index is 0.657. The Morgan fingerprint density at radius 2 is 0.732 bits per heavy atom. The Morgan fingerprint density at radius 3 is 1.37 bits per heavy atom. The number of aryl methyl sites for hydroxylation is 2. The first-order valence-corrected chi connectivity index (χ1v) is 24.2. The van der Waals surface area contributed by atoms with Crippen LogP contribution < -0.4 is 4.90 Å². The van der Waals surface area contributed by atoms with Gasteiger partial charge in [0.1, 0.15) is 0 Å². The lowest BCUT2D eigenvalue weighted by Crippen LogP contribution is -2.09. The Kier molecular flexibility index (Phi) is 10.5. The van der Waals surface area contributed by atoms with E-state index in [1.165, 1.54) is 49.2 Å². The van der Waals surface area contributed by atoms with Crippen LogP contribution in [-0.4, -0.2) is 24.1 Å². The van der Waals surface area contributed by atoms with Crippen molar-refractivity contribution in [2.24, 2.45) is 0 Å². The van der Waals surface area contributed by atoms with E-state index in [-0.39, 0.29) is 0 Å². The number of fused-ring (bicyclic) bond motifs is 6. The van der Waals surface area contributed by atoms with Crippen LogP contribution in [0.3, 0.4) is 0 Å². The molecule has 10 aromatic carbocycles. The first kappa shape index (κ1) is 41.8. The molecule has 0 bridgehead atoms. The third kappa shape index (κ3) is 7.78. The highest BCUT2D eigenvalue weighted by Gasteiger charge is 2.20. The van der Waals surface area contributed by atoms with Gasteiger partial charge in [-0.25, -0.2) is 15.0 Å². The maximum absolute atomic E-state index is 5.02. The zero-order chi connectivity index (χ0) is 47.1. The third-order valence-corrected chi connectivity index (χ3v) is 13.6. The number of hydrogen-bond donors (Lipinski definition) is 0. The highest BCUT2D eigenvalue weighted by Crippen LogP contribution is 2.41. The first-order valence-electron chi connectivity index (χ1n) is 24.2. The number of benzene rings is 10. The van der Waals surface area contributed by atoms with E-state index in [4.69, 9.17) is 15.0 Å². The molecule has 0 fully saturated rings. The van der Waals surface area contributed by atoms with E-state index in [0.717, 1.165) is 63.5 Å². The molecule has 0 aliphatic carbocycles. The van der Waals surface area contributed by atoms with Gasteiger partial charge in [0.05, 0.1) is 22.1 Å². The molecule has 0 spiro atoms. The predicted octanol–water partition coefficient (Wildman–Crippen LogP) is 16.3. The van der Waals surface area contributed by atoms with Gasteiger partial charge in [0.15, 0.2) is 17.5 Å². The van der Waals surface area contributed by atoms with Gasteiger partial charge in [-0.05, 0) is 121 Å². The quantitative estimate of drug-likeness (QED) is 0.130. The van der Waals surface area contributed by atoms with E-state index in [1.54, 1.807) is 0 Å². The van der Waals surface area contributed by atoms with Crippen LogP contribution in [0.2, 0.25) is 0 Å². The van der Waals surface area contributed by atoms with E-state index < -0.39 is 0 Å². The van der Waals surface area contributed by atoms with Crippen LogP contribution in [0.4, 0.5) is 17.1 Å². The molecule has 6 nitrogen and oxygen atoms in total. The molecule has 0 N–H and O–H groups in total. The van der Waals surface area contributed by atoms with Crippen LogP contribution >= 0.6 is 0 Å². The Labute approximate surface area is 412 Å². The second-order valence-electron chi connectivity index (χ2n) is 18.0. The fourth-order valence-corrected chi connectivity index (χ4v) is 10.3. The van der Waals surface area contributed by atoms with Crippen LogP contribution in [0.5, 0.6) is 0 Å².